The zero-order chi connectivity index (χ0) is 18.5. The molecule has 7 nitrogen and oxygen atoms in total. The van der Waals surface area contributed by atoms with Gasteiger partial charge in [0.25, 0.3) is 0 Å². The number of para-hydroxylation sites is 2. The number of nitrogens with zero attached hydrogens (tertiary/aromatic N) is 2. The highest BCUT2D eigenvalue weighted by Crippen LogP contribution is 2.28. The van der Waals surface area contributed by atoms with E-state index >= 15 is 0 Å². The number of methoxy groups -OCH3 is 2. The Labute approximate surface area is 165 Å². The first-order valence-corrected chi connectivity index (χ1v) is 10.4. The van der Waals surface area contributed by atoms with E-state index in [9.17, 15) is 4.79 Å². The van der Waals surface area contributed by atoms with Gasteiger partial charge in [-0.3, -0.25) is 4.79 Å². The van der Waals surface area contributed by atoms with Crippen LogP contribution in [-0.2, 0) is 16.2 Å². The van der Waals surface area contributed by atoms with Crippen molar-refractivity contribution in [2.24, 2.45) is 0 Å². The van der Waals surface area contributed by atoms with Crippen molar-refractivity contribution >= 4 is 52.1 Å². The third kappa shape index (κ3) is 4.56. The van der Waals surface area contributed by atoms with Crippen molar-refractivity contribution in [2.45, 2.75) is 11.9 Å². The number of carbonyl (C=O) groups is 1. The first-order chi connectivity index (χ1) is 12.6. The van der Waals surface area contributed by atoms with Crippen LogP contribution in [0.4, 0.5) is 10.8 Å². The molecule has 0 spiro atoms. The Morgan fingerprint density at radius 1 is 1.46 bits per heavy atom. The molecule has 1 aromatic heterocycles. The minimum atomic E-state index is -0.160. The van der Waals surface area contributed by atoms with Gasteiger partial charge in [-0.15, -0.1) is 16.9 Å². The Balaban J connectivity index is 1.68. The highest BCUT2D eigenvalue weighted by molar-refractivity contribution is 8.00. The van der Waals surface area contributed by atoms with Gasteiger partial charge in [-0.05, 0) is 24.4 Å². The zero-order valence-corrected chi connectivity index (χ0v) is 17.0. The Hall–Kier alpha value is -1.62. The molecule has 1 saturated heterocycles. The summed E-state index contributed by atoms with van der Waals surface area (Å²) < 4.78 is 12.7. The maximum absolute atomic E-state index is 11.8. The fraction of sp³-hybridized carbons (Fsp3) is 0.438. The van der Waals surface area contributed by atoms with E-state index in [0.717, 1.165) is 28.9 Å². The van der Waals surface area contributed by atoms with Crippen LogP contribution in [0, 0.1) is 3.95 Å². The molecule has 1 unspecified atom stereocenters. The van der Waals surface area contributed by atoms with Crippen LogP contribution in [0.3, 0.4) is 0 Å². The van der Waals surface area contributed by atoms with Crippen LogP contribution in [0.5, 0.6) is 5.75 Å². The van der Waals surface area contributed by atoms with Crippen LogP contribution in [0.2, 0.25) is 0 Å². The second-order valence-corrected chi connectivity index (χ2v) is 8.68. The van der Waals surface area contributed by atoms with E-state index < -0.39 is 0 Å². The first kappa shape index (κ1) is 19.2. The minimum absolute atomic E-state index is 0.122. The number of anilines is 2. The molecule has 3 rings (SSSR count). The van der Waals surface area contributed by atoms with Crippen LogP contribution in [0.15, 0.2) is 24.3 Å². The third-order valence-electron chi connectivity index (χ3n) is 4.04. The summed E-state index contributed by atoms with van der Waals surface area (Å²) in [5.74, 6) is 1.51. The SMILES string of the molecule is COC(=O)[C@H]1C[NH+](Cn2nc(Nc3ccccc3OC)sc2=S)CCS1. The smallest absolute Gasteiger partial charge is 0.324 e. The number of carbonyl (C=O) groups excluding carboxylic acids is 1. The van der Waals surface area contributed by atoms with Crippen LogP contribution in [0.1, 0.15) is 0 Å². The van der Waals surface area contributed by atoms with E-state index in [2.05, 4.69) is 10.4 Å². The largest absolute Gasteiger partial charge is 0.495 e. The predicted molar refractivity (Wildman–Crippen MR) is 106 cm³/mol. The quantitative estimate of drug-likeness (QED) is 0.550. The first-order valence-electron chi connectivity index (χ1n) is 8.11. The molecule has 2 aromatic rings. The fourth-order valence-electron chi connectivity index (χ4n) is 2.73. The summed E-state index contributed by atoms with van der Waals surface area (Å²) in [6.07, 6.45) is 0. The molecule has 1 aromatic carbocycles. The van der Waals surface area contributed by atoms with Gasteiger partial charge >= 0.3 is 5.97 Å². The van der Waals surface area contributed by atoms with Crippen molar-refractivity contribution in [1.29, 1.82) is 0 Å². The highest BCUT2D eigenvalue weighted by Gasteiger charge is 2.30. The van der Waals surface area contributed by atoms with Crippen molar-refractivity contribution in [3.63, 3.8) is 0 Å². The number of esters is 1. The molecule has 0 amide bonds. The van der Waals surface area contributed by atoms with E-state index in [4.69, 9.17) is 21.7 Å². The van der Waals surface area contributed by atoms with E-state index in [0.29, 0.717) is 17.2 Å². The summed E-state index contributed by atoms with van der Waals surface area (Å²) in [7, 11) is 3.07. The lowest BCUT2D eigenvalue weighted by atomic mass is 10.3. The van der Waals surface area contributed by atoms with Crippen molar-refractivity contribution in [1.82, 2.24) is 9.78 Å². The number of hydrogen-bond acceptors (Lipinski definition) is 8. The lowest BCUT2D eigenvalue weighted by Gasteiger charge is -2.27. The number of nitrogens with one attached hydrogen (secondary N) is 2. The Bertz CT molecular complexity index is 823. The summed E-state index contributed by atoms with van der Waals surface area (Å²) in [6, 6.07) is 7.67. The third-order valence-corrected chi connectivity index (χ3v) is 6.47. The Morgan fingerprint density at radius 2 is 2.27 bits per heavy atom. The zero-order valence-electron chi connectivity index (χ0n) is 14.6. The number of thioether (sulfide) groups is 1. The number of benzene rings is 1. The van der Waals surface area contributed by atoms with Crippen LogP contribution in [0.25, 0.3) is 0 Å². The van der Waals surface area contributed by atoms with Crippen molar-refractivity contribution < 1.29 is 19.2 Å². The molecule has 1 aliphatic heterocycles. The molecule has 0 bridgehead atoms. The molecule has 2 N–H and O–H groups in total. The topological polar surface area (TPSA) is 69.8 Å². The lowest BCUT2D eigenvalue weighted by molar-refractivity contribution is -0.921. The molecular weight excluding hydrogens is 392 g/mol. The number of hydrogen-bond donors (Lipinski definition) is 2. The van der Waals surface area contributed by atoms with Gasteiger partial charge in [0.2, 0.25) is 5.13 Å². The molecule has 1 aliphatic rings. The van der Waals surface area contributed by atoms with Gasteiger partial charge in [0.15, 0.2) is 15.9 Å². The van der Waals surface area contributed by atoms with Crippen molar-refractivity contribution in [3.8, 4) is 5.75 Å². The molecule has 0 aliphatic carbocycles. The van der Waals surface area contributed by atoms with Gasteiger partial charge < -0.3 is 19.7 Å². The summed E-state index contributed by atoms with van der Waals surface area (Å²) in [5, 5.41) is 8.45. The molecule has 2 atom stereocenters. The van der Waals surface area contributed by atoms with E-state index in [-0.39, 0.29) is 11.2 Å². The second-order valence-electron chi connectivity index (χ2n) is 5.74. The maximum atomic E-state index is 11.8. The normalized spacial score (nSPS) is 19.8. The summed E-state index contributed by atoms with van der Waals surface area (Å²) in [5.41, 5.74) is 0.846. The molecule has 140 valence electrons. The van der Waals surface area contributed by atoms with Gasteiger partial charge in [-0.2, -0.15) is 4.68 Å². The summed E-state index contributed by atoms with van der Waals surface area (Å²) in [4.78, 5) is 13.0. The van der Waals surface area contributed by atoms with Gasteiger partial charge in [-0.1, -0.05) is 23.5 Å². The Kier molecular flexibility index (Phi) is 6.52. The molecule has 1 fully saturated rings. The van der Waals surface area contributed by atoms with Crippen LogP contribution in [-0.4, -0.2) is 54.1 Å². The molecule has 0 saturated carbocycles. The lowest BCUT2D eigenvalue weighted by Crippen LogP contribution is -3.14. The number of quaternary nitrogens is 1. The van der Waals surface area contributed by atoms with E-state index in [1.807, 2.05) is 28.9 Å². The summed E-state index contributed by atoms with van der Waals surface area (Å²) in [6.45, 7) is 2.32. The average molecular weight is 414 g/mol. The predicted octanol–water partition coefficient (Wildman–Crippen LogP) is 1.56. The molecule has 0 radical (unpaired) electrons. The average Bonchev–Trinajstić information content (AvgIpc) is 3.00. The standard InChI is InChI=1S/C16H20N4O3S3/c1-22-12-6-4-3-5-11(12)17-15-18-20(16(24)26-15)10-19-7-8-25-13(9-19)14(21)23-2/h3-6,13H,7-10H2,1-2H3,(H,17,18)/p+1/t13-/m1/s1. The van der Waals surface area contributed by atoms with Crippen molar-refractivity contribution in [2.75, 3.05) is 38.4 Å². The number of ether oxygens (including phenoxy) is 2. The number of aromatic nitrogens is 2. The molecule has 10 heteroatoms. The Morgan fingerprint density at radius 3 is 3.04 bits per heavy atom. The molecular formula is C16H21N4O3S3+. The van der Waals surface area contributed by atoms with Crippen molar-refractivity contribution in [3.05, 3.63) is 28.2 Å². The highest BCUT2D eigenvalue weighted by atomic mass is 32.2. The monoisotopic (exact) mass is 413 g/mol. The second kappa shape index (κ2) is 8.85. The molecule has 26 heavy (non-hydrogen) atoms. The van der Waals surface area contributed by atoms with E-state index in [1.54, 1.807) is 18.9 Å². The van der Waals surface area contributed by atoms with Crippen LogP contribution >= 0.6 is 35.3 Å². The molecule has 2 heterocycles. The van der Waals surface area contributed by atoms with Gasteiger partial charge in [0.1, 0.15) is 12.3 Å². The van der Waals surface area contributed by atoms with Gasteiger partial charge in [-0.25, -0.2) is 0 Å². The van der Waals surface area contributed by atoms with Gasteiger partial charge in [0, 0.05) is 5.75 Å². The minimum Gasteiger partial charge on any atom is -0.495 e. The van der Waals surface area contributed by atoms with Crippen LogP contribution < -0.4 is 15.0 Å². The fourth-order valence-corrected chi connectivity index (χ4v) is 5.02. The maximum Gasteiger partial charge on any atom is 0.324 e. The summed E-state index contributed by atoms with van der Waals surface area (Å²) >= 11 is 8.53. The van der Waals surface area contributed by atoms with Gasteiger partial charge in [0.05, 0.1) is 26.5 Å². The van der Waals surface area contributed by atoms with E-state index in [1.165, 1.54) is 23.3 Å². The number of rotatable bonds is 6.